The predicted molar refractivity (Wildman–Crippen MR) is 103 cm³/mol. The summed E-state index contributed by atoms with van der Waals surface area (Å²) < 4.78 is 4.41. The number of aromatic nitrogens is 3. The summed E-state index contributed by atoms with van der Waals surface area (Å²) in [5, 5.41) is 0. The van der Waals surface area contributed by atoms with E-state index in [1.807, 2.05) is 12.4 Å². The number of imidazole rings is 1. The summed E-state index contributed by atoms with van der Waals surface area (Å²) >= 11 is 0. The third kappa shape index (κ3) is 2.28. The van der Waals surface area contributed by atoms with E-state index >= 15 is 0 Å². The van der Waals surface area contributed by atoms with E-state index in [4.69, 9.17) is 0 Å². The van der Waals surface area contributed by atoms with E-state index in [0.29, 0.717) is 0 Å². The van der Waals surface area contributed by atoms with Gasteiger partial charge < -0.3 is 0 Å². The molecule has 0 radical (unpaired) electrons. The van der Waals surface area contributed by atoms with Gasteiger partial charge >= 0.3 is 0 Å². The van der Waals surface area contributed by atoms with Gasteiger partial charge in [0.2, 0.25) is 5.69 Å². The van der Waals surface area contributed by atoms with Crippen LogP contribution < -0.4 is 4.57 Å². The van der Waals surface area contributed by atoms with Crippen LogP contribution in [0.15, 0.2) is 73.2 Å². The quantitative estimate of drug-likeness (QED) is 0.441. The monoisotopic (exact) mass is 338 g/mol. The van der Waals surface area contributed by atoms with Crippen molar-refractivity contribution in [2.45, 2.75) is 13.3 Å². The van der Waals surface area contributed by atoms with Gasteiger partial charge in [0.1, 0.15) is 18.6 Å². The molecule has 0 unspecified atom stereocenters. The molecule has 0 N–H and O–H groups in total. The fourth-order valence-electron chi connectivity index (χ4n) is 3.87. The molecule has 0 spiro atoms. The number of hydrogen-bond acceptors (Lipinski definition) is 1. The largest absolute Gasteiger partial charge is 0.298 e. The number of aryl methyl sites for hydroxylation is 2. The Bertz CT molecular complexity index is 1120. The van der Waals surface area contributed by atoms with Crippen molar-refractivity contribution in [3.8, 4) is 28.1 Å². The summed E-state index contributed by atoms with van der Waals surface area (Å²) in [6.07, 6.45) is 7.03. The number of hydrogen-bond donors (Lipinski definition) is 0. The third-order valence-corrected chi connectivity index (χ3v) is 5.28. The van der Waals surface area contributed by atoms with E-state index in [-0.39, 0.29) is 0 Å². The van der Waals surface area contributed by atoms with Gasteiger partial charge in [-0.2, -0.15) is 4.57 Å². The molecule has 3 heteroatoms. The van der Waals surface area contributed by atoms with Gasteiger partial charge in [0.05, 0.1) is 0 Å². The van der Waals surface area contributed by atoms with E-state index in [1.54, 1.807) is 0 Å². The molecule has 0 saturated heterocycles. The fourth-order valence-corrected chi connectivity index (χ4v) is 3.87. The van der Waals surface area contributed by atoms with Crippen LogP contribution in [0.3, 0.4) is 0 Å². The van der Waals surface area contributed by atoms with Crippen LogP contribution in [0, 0.1) is 6.92 Å². The summed E-state index contributed by atoms with van der Waals surface area (Å²) in [5.41, 5.74) is 8.88. The van der Waals surface area contributed by atoms with E-state index in [2.05, 4.69) is 88.9 Å². The molecule has 1 aliphatic heterocycles. The molecule has 3 nitrogen and oxygen atoms in total. The molecule has 3 heterocycles. The zero-order valence-electron chi connectivity index (χ0n) is 15.0. The zero-order chi connectivity index (χ0) is 17.7. The maximum Gasteiger partial charge on any atom is 0.212 e. The van der Waals surface area contributed by atoms with Crippen LogP contribution in [0.2, 0.25) is 0 Å². The Morgan fingerprint density at radius 3 is 2.69 bits per heavy atom. The highest BCUT2D eigenvalue weighted by Crippen LogP contribution is 2.31. The summed E-state index contributed by atoms with van der Waals surface area (Å²) in [6.45, 7) is 2.18. The minimum atomic E-state index is 0.896. The highest BCUT2D eigenvalue weighted by Gasteiger charge is 2.25. The molecule has 0 bridgehead atoms. The van der Waals surface area contributed by atoms with Crippen LogP contribution in [0.5, 0.6) is 0 Å². The second-order valence-corrected chi connectivity index (χ2v) is 6.97. The number of nitrogens with zero attached hydrogens (tertiary/aromatic N) is 3. The Morgan fingerprint density at radius 1 is 1.00 bits per heavy atom. The van der Waals surface area contributed by atoms with Crippen LogP contribution in [0.1, 0.15) is 17.0 Å². The summed E-state index contributed by atoms with van der Waals surface area (Å²) in [5.74, 6) is 1.12. The van der Waals surface area contributed by atoms with Gasteiger partial charge in [-0.1, -0.05) is 42.5 Å². The molecule has 0 amide bonds. The van der Waals surface area contributed by atoms with Gasteiger partial charge in [-0.05, 0) is 35.2 Å². The SMILES string of the molecule is Cc1ccc(-c2ccccc2)cc1-c1cc2c(c[n+]1C)-n1ccnc1C2. The molecular formula is C23H20N3+. The van der Waals surface area contributed by atoms with Crippen molar-refractivity contribution < 1.29 is 4.57 Å². The first-order valence-electron chi connectivity index (χ1n) is 8.92. The number of pyridine rings is 1. The van der Waals surface area contributed by atoms with Gasteiger partial charge in [-0.15, -0.1) is 0 Å². The highest BCUT2D eigenvalue weighted by molar-refractivity contribution is 5.73. The first-order valence-corrected chi connectivity index (χ1v) is 8.92. The first-order chi connectivity index (χ1) is 12.7. The minimum Gasteiger partial charge on any atom is -0.298 e. The summed E-state index contributed by atoms with van der Waals surface area (Å²) in [4.78, 5) is 4.47. The van der Waals surface area contributed by atoms with Crippen molar-refractivity contribution in [2.75, 3.05) is 0 Å². The Hall–Kier alpha value is -3.20. The average molecular weight is 338 g/mol. The van der Waals surface area contributed by atoms with Crippen molar-refractivity contribution in [2.24, 2.45) is 7.05 Å². The van der Waals surface area contributed by atoms with Crippen molar-refractivity contribution >= 4 is 0 Å². The van der Waals surface area contributed by atoms with E-state index in [9.17, 15) is 0 Å². The highest BCUT2D eigenvalue weighted by atomic mass is 15.1. The molecule has 0 saturated carbocycles. The second kappa shape index (κ2) is 5.67. The molecule has 0 fully saturated rings. The normalized spacial score (nSPS) is 12.1. The molecule has 2 aromatic heterocycles. The lowest BCUT2D eigenvalue weighted by atomic mass is 9.96. The van der Waals surface area contributed by atoms with Crippen molar-refractivity contribution in [3.63, 3.8) is 0 Å². The Balaban J connectivity index is 1.65. The van der Waals surface area contributed by atoms with Crippen LogP contribution in [0.25, 0.3) is 28.1 Å². The van der Waals surface area contributed by atoms with E-state index in [1.165, 1.54) is 39.2 Å². The molecule has 4 aromatic rings. The van der Waals surface area contributed by atoms with Crippen LogP contribution >= 0.6 is 0 Å². The van der Waals surface area contributed by atoms with Crippen molar-refractivity contribution in [3.05, 3.63) is 90.1 Å². The predicted octanol–water partition coefficient (Wildman–Crippen LogP) is 4.24. The molecule has 5 rings (SSSR count). The maximum atomic E-state index is 4.47. The fraction of sp³-hybridized carbons (Fsp3) is 0.130. The molecule has 126 valence electrons. The van der Waals surface area contributed by atoms with Gasteiger partial charge in [0, 0.05) is 30.4 Å². The molecule has 1 aliphatic rings. The van der Waals surface area contributed by atoms with Crippen LogP contribution in [0.4, 0.5) is 0 Å². The lowest BCUT2D eigenvalue weighted by molar-refractivity contribution is -0.660. The first kappa shape index (κ1) is 15.1. The van der Waals surface area contributed by atoms with Gasteiger partial charge in [0.15, 0.2) is 6.20 Å². The van der Waals surface area contributed by atoms with Gasteiger partial charge in [-0.25, -0.2) is 4.98 Å². The average Bonchev–Trinajstić information content (AvgIpc) is 3.24. The van der Waals surface area contributed by atoms with E-state index < -0.39 is 0 Å². The van der Waals surface area contributed by atoms with Gasteiger partial charge in [-0.3, -0.25) is 4.57 Å². The van der Waals surface area contributed by atoms with Crippen molar-refractivity contribution in [1.82, 2.24) is 9.55 Å². The minimum absolute atomic E-state index is 0.896. The topological polar surface area (TPSA) is 21.7 Å². The number of fused-ring (bicyclic) bond motifs is 3. The smallest absolute Gasteiger partial charge is 0.212 e. The maximum absolute atomic E-state index is 4.47. The Kier molecular flexibility index (Phi) is 3.29. The molecule has 2 aromatic carbocycles. The Labute approximate surface area is 153 Å². The lowest BCUT2D eigenvalue weighted by Crippen LogP contribution is -2.31. The molecule has 0 aliphatic carbocycles. The van der Waals surface area contributed by atoms with Crippen LogP contribution in [-0.4, -0.2) is 9.55 Å². The van der Waals surface area contributed by atoms with Crippen LogP contribution in [-0.2, 0) is 13.5 Å². The molecule has 0 atom stereocenters. The Morgan fingerprint density at radius 2 is 1.85 bits per heavy atom. The van der Waals surface area contributed by atoms with E-state index in [0.717, 1.165) is 12.2 Å². The summed E-state index contributed by atoms with van der Waals surface area (Å²) in [7, 11) is 2.12. The lowest BCUT2D eigenvalue weighted by Gasteiger charge is -2.10. The second-order valence-electron chi connectivity index (χ2n) is 6.97. The van der Waals surface area contributed by atoms with Gasteiger partial charge in [0.25, 0.3) is 0 Å². The van der Waals surface area contributed by atoms with Crippen molar-refractivity contribution in [1.29, 1.82) is 0 Å². The molecule has 26 heavy (non-hydrogen) atoms. The number of rotatable bonds is 2. The standard InChI is InChI=1S/C23H20N3/c1-16-8-9-18(17-6-4-3-5-7-17)12-20(16)21-13-19-14-23-24-10-11-26(23)22(19)15-25(21)2/h3-13,15H,14H2,1-2H3/q+1. The zero-order valence-corrected chi connectivity index (χ0v) is 15.0. The summed E-state index contributed by atoms with van der Waals surface area (Å²) in [6, 6.07) is 19.6. The molecular weight excluding hydrogens is 318 g/mol. The number of benzene rings is 2. The third-order valence-electron chi connectivity index (χ3n) is 5.28.